The molecule has 0 spiro atoms. The highest BCUT2D eigenvalue weighted by atomic mass is 16.5. The fraction of sp³-hybridized carbons (Fsp3) is 0.875. The zero-order valence-corrected chi connectivity index (χ0v) is 24.1. The number of carboxylic acid groups (broad SMARTS) is 1. The van der Waals surface area contributed by atoms with E-state index in [2.05, 4.69) is 26.0 Å². The standard InChI is InChI=1S/C32H60O4/c1-3-5-7-9-11-12-13-14-15-17-19-25-29-32(35)36-30(26-22-18-16-10-8-6-4-2)27-23-20-21-24-28-31(33)34/h22,26,30H,3-21,23-25,27-29H2,1-2H3,(H,33,34)/b26-22-. The molecule has 0 aromatic rings. The van der Waals surface area contributed by atoms with Crippen LogP contribution < -0.4 is 0 Å². The molecule has 0 aliphatic carbocycles. The number of rotatable bonds is 28. The average molecular weight is 509 g/mol. The van der Waals surface area contributed by atoms with E-state index in [0.717, 1.165) is 51.4 Å². The van der Waals surface area contributed by atoms with Crippen molar-refractivity contribution in [3.05, 3.63) is 12.2 Å². The van der Waals surface area contributed by atoms with Gasteiger partial charge in [0.1, 0.15) is 6.10 Å². The SMILES string of the molecule is CCCCCCC/C=C\C(CCCCCCC(=O)O)OC(=O)CCCCCCCCCCCCCC. The zero-order valence-electron chi connectivity index (χ0n) is 24.1. The first kappa shape index (κ1) is 34.7. The number of carbonyl (C=O) groups is 2. The second kappa shape index (κ2) is 28.3. The van der Waals surface area contributed by atoms with Crippen molar-refractivity contribution in [2.75, 3.05) is 0 Å². The van der Waals surface area contributed by atoms with Gasteiger partial charge in [0.25, 0.3) is 0 Å². The fourth-order valence-corrected chi connectivity index (χ4v) is 4.62. The molecule has 0 amide bonds. The smallest absolute Gasteiger partial charge is 0.306 e. The first-order chi connectivity index (χ1) is 17.6. The highest BCUT2D eigenvalue weighted by molar-refractivity contribution is 5.69. The van der Waals surface area contributed by atoms with Gasteiger partial charge in [-0.2, -0.15) is 0 Å². The van der Waals surface area contributed by atoms with E-state index < -0.39 is 5.97 Å². The summed E-state index contributed by atoms with van der Waals surface area (Å²) in [7, 11) is 0. The van der Waals surface area contributed by atoms with Crippen molar-refractivity contribution in [3.63, 3.8) is 0 Å². The molecule has 0 radical (unpaired) electrons. The summed E-state index contributed by atoms with van der Waals surface area (Å²) in [6.07, 6.45) is 32.3. The predicted octanol–water partition coefficient (Wildman–Crippen LogP) is 10.3. The largest absolute Gasteiger partial charge is 0.481 e. The van der Waals surface area contributed by atoms with Gasteiger partial charge in [-0.1, -0.05) is 129 Å². The molecule has 0 fully saturated rings. The van der Waals surface area contributed by atoms with E-state index >= 15 is 0 Å². The Balaban J connectivity index is 4.02. The monoisotopic (exact) mass is 508 g/mol. The van der Waals surface area contributed by atoms with Gasteiger partial charge in [-0.3, -0.25) is 9.59 Å². The van der Waals surface area contributed by atoms with Gasteiger partial charge in [0.05, 0.1) is 0 Å². The molecule has 0 rings (SSSR count). The summed E-state index contributed by atoms with van der Waals surface area (Å²) >= 11 is 0. The maximum absolute atomic E-state index is 12.4. The third-order valence-electron chi connectivity index (χ3n) is 6.97. The lowest BCUT2D eigenvalue weighted by atomic mass is 10.0. The summed E-state index contributed by atoms with van der Waals surface area (Å²) in [4.78, 5) is 23.1. The van der Waals surface area contributed by atoms with Crippen LogP contribution in [0.25, 0.3) is 0 Å². The summed E-state index contributed by atoms with van der Waals surface area (Å²) < 4.78 is 5.82. The van der Waals surface area contributed by atoms with Crippen LogP contribution in [0, 0.1) is 0 Å². The molecule has 0 saturated heterocycles. The minimum absolute atomic E-state index is 0.0643. The van der Waals surface area contributed by atoms with Crippen LogP contribution >= 0.6 is 0 Å². The van der Waals surface area contributed by atoms with E-state index in [1.54, 1.807) is 0 Å². The predicted molar refractivity (Wildman–Crippen MR) is 153 cm³/mol. The first-order valence-electron chi connectivity index (χ1n) is 15.7. The van der Waals surface area contributed by atoms with Crippen LogP contribution in [0.3, 0.4) is 0 Å². The van der Waals surface area contributed by atoms with Crippen LogP contribution in [0.1, 0.15) is 174 Å². The number of aliphatic carboxylic acids is 1. The van der Waals surface area contributed by atoms with Gasteiger partial charge < -0.3 is 9.84 Å². The lowest BCUT2D eigenvalue weighted by Crippen LogP contribution is -2.16. The van der Waals surface area contributed by atoms with Crippen molar-refractivity contribution in [1.82, 2.24) is 0 Å². The average Bonchev–Trinajstić information content (AvgIpc) is 2.85. The third-order valence-corrected chi connectivity index (χ3v) is 6.97. The van der Waals surface area contributed by atoms with E-state index in [0.29, 0.717) is 6.42 Å². The van der Waals surface area contributed by atoms with Crippen LogP contribution in [-0.2, 0) is 14.3 Å². The van der Waals surface area contributed by atoms with Gasteiger partial charge in [-0.25, -0.2) is 0 Å². The van der Waals surface area contributed by atoms with Crippen molar-refractivity contribution >= 4 is 11.9 Å². The topological polar surface area (TPSA) is 63.6 Å². The van der Waals surface area contributed by atoms with E-state index in [1.165, 1.54) is 96.3 Å². The van der Waals surface area contributed by atoms with Gasteiger partial charge in [0.2, 0.25) is 0 Å². The second-order valence-corrected chi connectivity index (χ2v) is 10.6. The van der Waals surface area contributed by atoms with Crippen LogP contribution in [0.5, 0.6) is 0 Å². The van der Waals surface area contributed by atoms with Crippen LogP contribution in [0.15, 0.2) is 12.2 Å². The molecule has 4 nitrogen and oxygen atoms in total. The van der Waals surface area contributed by atoms with E-state index in [1.807, 2.05) is 0 Å². The number of allylic oxidation sites excluding steroid dienone is 1. The summed E-state index contributed by atoms with van der Waals surface area (Å²) in [5.74, 6) is -0.785. The molecule has 0 aliphatic heterocycles. The lowest BCUT2D eigenvalue weighted by molar-refractivity contribution is -0.147. The maximum Gasteiger partial charge on any atom is 0.306 e. The minimum Gasteiger partial charge on any atom is -0.481 e. The Bertz CT molecular complexity index is 514. The van der Waals surface area contributed by atoms with Crippen molar-refractivity contribution in [3.8, 4) is 0 Å². The van der Waals surface area contributed by atoms with E-state index in [9.17, 15) is 9.59 Å². The molecule has 4 heteroatoms. The van der Waals surface area contributed by atoms with Gasteiger partial charge >= 0.3 is 11.9 Å². The van der Waals surface area contributed by atoms with Crippen LogP contribution in [-0.4, -0.2) is 23.1 Å². The molecule has 1 N–H and O–H groups in total. The maximum atomic E-state index is 12.4. The summed E-state index contributed by atoms with van der Waals surface area (Å²) in [5, 5.41) is 8.77. The zero-order chi connectivity index (χ0) is 26.5. The molecule has 0 aromatic heterocycles. The van der Waals surface area contributed by atoms with Crippen molar-refractivity contribution in [2.45, 2.75) is 180 Å². The van der Waals surface area contributed by atoms with Crippen molar-refractivity contribution in [2.24, 2.45) is 0 Å². The van der Waals surface area contributed by atoms with Gasteiger partial charge in [0.15, 0.2) is 0 Å². The van der Waals surface area contributed by atoms with E-state index in [-0.39, 0.29) is 18.5 Å². The fourth-order valence-electron chi connectivity index (χ4n) is 4.62. The number of hydrogen-bond acceptors (Lipinski definition) is 3. The number of ether oxygens (including phenoxy) is 1. The molecular weight excluding hydrogens is 448 g/mol. The van der Waals surface area contributed by atoms with Gasteiger partial charge in [-0.15, -0.1) is 0 Å². The Morgan fingerprint density at radius 3 is 1.58 bits per heavy atom. The highest BCUT2D eigenvalue weighted by Crippen LogP contribution is 2.15. The summed E-state index contributed by atoms with van der Waals surface area (Å²) in [5.41, 5.74) is 0. The quantitative estimate of drug-likeness (QED) is 0.0648. The molecule has 1 unspecified atom stereocenters. The molecule has 0 heterocycles. The molecule has 0 saturated carbocycles. The van der Waals surface area contributed by atoms with Gasteiger partial charge in [0, 0.05) is 12.8 Å². The molecule has 0 bridgehead atoms. The second-order valence-electron chi connectivity index (χ2n) is 10.6. The normalized spacial score (nSPS) is 12.3. The summed E-state index contributed by atoms with van der Waals surface area (Å²) in [6, 6.07) is 0. The molecular formula is C32H60O4. The Hall–Kier alpha value is -1.32. The number of esters is 1. The minimum atomic E-state index is -0.721. The highest BCUT2D eigenvalue weighted by Gasteiger charge is 2.11. The van der Waals surface area contributed by atoms with Crippen molar-refractivity contribution < 1.29 is 19.4 Å². The molecule has 1 atom stereocenters. The van der Waals surface area contributed by atoms with Crippen LogP contribution in [0.2, 0.25) is 0 Å². The third kappa shape index (κ3) is 27.3. The number of unbranched alkanes of at least 4 members (excludes halogenated alkanes) is 19. The number of hydrogen-bond donors (Lipinski definition) is 1. The van der Waals surface area contributed by atoms with Crippen molar-refractivity contribution in [1.29, 1.82) is 0 Å². The molecule has 0 aromatic carbocycles. The Morgan fingerprint density at radius 2 is 1.06 bits per heavy atom. The number of carbonyl (C=O) groups excluding carboxylic acids is 1. The first-order valence-corrected chi connectivity index (χ1v) is 15.7. The Kier molecular flexibility index (Phi) is 27.2. The lowest BCUT2D eigenvalue weighted by Gasteiger charge is -2.15. The Morgan fingerprint density at radius 1 is 0.611 bits per heavy atom. The van der Waals surface area contributed by atoms with Gasteiger partial charge in [-0.05, 0) is 44.6 Å². The molecule has 212 valence electrons. The Labute approximate surface area is 224 Å². The van der Waals surface area contributed by atoms with E-state index in [4.69, 9.17) is 9.84 Å². The molecule has 36 heavy (non-hydrogen) atoms. The van der Waals surface area contributed by atoms with Crippen LogP contribution in [0.4, 0.5) is 0 Å². The molecule has 0 aliphatic rings. The summed E-state index contributed by atoms with van der Waals surface area (Å²) in [6.45, 7) is 4.50. The number of carboxylic acids is 1.